The van der Waals surface area contributed by atoms with Gasteiger partial charge in [0.05, 0.1) is 19.8 Å². The van der Waals surface area contributed by atoms with E-state index in [-0.39, 0.29) is 0 Å². The van der Waals surface area contributed by atoms with Gasteiger partial charge in [0.2, 0.25) is 0 Å². The third-order valence-electron chi connectivity index (χ3n) is 4.13. The molecule has 0 amide bonds. The van der Waals surface area contributed by atoms with Gasteiger partial charge in [0.1, 0.15) is 11.5 Å². The summed E-state index contributed by atoms with van der Waals surface area (Å²) in [6, 6.07) is 13.6. The molecule has 6 heteroatoms. The predicted molar refractivity (Wildman–Crippen MR) is 93.9 cm³/mol. The van der Waals surface area contributed by atoms with Crippen LogP contribution < -0.4 is 9.47 Å². The zero-order valence-electron chi connectivity index (χ0n) is 13.9. The number of ether oxygens (including phenoxy) is 2. The lowest BCUT2D eigenvalue weighted by Crippen LogP contribution is -1.92. The fourth-order valence-corrected chi connectivity index (χ4v) is 2.86. The van der Waals surface area contributed by atoms with Gasteiger partial charge in [0, 0.05) is 29.6 Å². The Balaban J connectivity index is 1.64. The minimum atomic E-state index is 0.425. The summed E-state index contributed by atoms with van der Waals surface area (Å²) < 4.78 is 16.1. The summed E-state index contributed by atoms with van der Waals surface area (Å²) in [7, 11) is 3.21. The zero-order valence-corrected chi connectivity index (χ0v) is 13.9. The fourth-order valence-electron chi connectivity index (χ4n) is 2.86. The first-order valence-electron chi connectivity index (χ1n) is 7.88. The summed E-state index contributed by atoms with van der Waals surface area (Å²) in [6.45, 7) is 0. The molecule has 2 aromatic carbocycles. The smallest absolute Gasteiger partial charge is 0.261 e. The van der Waals surface area contributed by atoms with Crippen molar-refractivity contribution in [2.75, 3.05) is 14.2 Å². The molecular formula is C19H17N3O3. The molecule has 0 aliphatic heterocycles. The van der Waals surface area contributed by atoms with Gasteiger partial charge in [-0.2, -0.15) is 4.98 Å². The number of aromatic nitrogens is 3. The van der Waals surface area contributed by atoms with Crippen LogP contribution in [0.5, 0.6) is 11.5 Å². The summed E-state index contributed by atoms with van der Waals surface area (Å²) >= 11 is 0. The third-order valence-corrected chi connectivity index (χ3v) is 4.13. The standard InChI is InChI=1S/C19H17N3O3/c1-23-13-7-8-15(17(10-13)24-2)19-21-18(22-25-19)9-12-11-20-16-6-4-3-5-14(12)16/h3-8,10-11,20H,9H2,1-2H3. The van der Waals surface area contributed by atoms with Crippen molar-refractivity contribution in [1.29, 1.82) is 0 Å². The van der Waals surface area contributed by atoms with E-state index in [0.717, 1.165) is 22.0 Å². The van der Waals surface area contributed by atoms with Crippen LogP contribution in [0.15, 0.2) is 53.2 Å². The number of aromatic amines is 1. The molecule has 0 saturated heterocycles. The molecule has 4 rings (SSSR count). The molecule has 0 saturated carbocycles. The van der Waals surface area contributed by atoms with Gasteiger partial charge in [-0.25, -0.2) is 0 Å². The highest BCUT2D eigenvalue weighted by molar-refractivity contribution is 5.83. The van der Waals surface area contributed by atoms with E-state index in [1.165, 1.54) is 0 Å². The van der Waals surface area contributed by atoms with Gasteiger partial charge in [0.25, 0.3) is 5.89 Å². The Kier molecular flexibility index (Phi) is 3.85. The predicted octanol–water partition coefficient (Wildman–Crippen LogP) is 3.83. The molecule has 25 heavy (non-hydrogen) atoms. The number of fused-ring (bicyclic) bond motifs is 1. The largest absolute Gasteiger partial charge is 0.497 e. The molecule has 4 aromatic rings. The molecule has 126 valence electrons. The molecule has 2 heterocycles. The van der Waals surface area contributed by atoms with Crippen molar-refractivity contribution >= 4 is 10.9 Å². The summed E-state index contributed by atoms with van der Waals surface area (Å²) in [5, 5.41) is 5.27. The van der Waals surface area contributed by atoms with Crippen LogP contribution in [0.1, 0.15) is 11.4 Å². The highest BCUT2D eigenvalue weighted by Crippen LogP contribution is 2.32. The third kappa shape index (κ3) is 2.82. The molecule has 0 aliphatic carbocycles. The Bertz CT molecular complexity index is 1020. The van der Waals surface area contributed by atoms with Gasteiger partial charge in [-0.1, -0.05) is 23.4 Å². The van der Waals surface area contributed by atoms with Crippen molar-refractivity contribution in [2.24, 2.45) is 0 Å². The molecular weight excluding hydrogens is 318 g/mol. The monoisotopic (exact) mass is 335 g/mol. The molecule has 0 aliphatic rings. The molecule has 6 nitrogen and oxygen atoms in total. The molecule has 0 spiro atoms. The molecule has 0 bridgehead atoms. The maximum Gasteiger partial charge on any atom is 0.261 e. The number of rotatable bonds is 5. The van der Waals surface area contributed by atoms with Crippen LogP contribution in [0.25, 0.3) is 22.4 Å². The van der Waals surface area contributed by atoms with E-state index in [9.17, 15) is 0 Å². The fraction of sp³-hybridized carbons (Fsp3) is 0.158. The van der Waals surface area contributed by atoms with Crippen LogP contribution in [0.2, 0.25) is 0 Å². The van der Waals surface area contributed by atoms with Gasteiger partial charge < -0.3 is 19.0 Å². The van der Waals surface area contributed by atoms with Crippen molar-refractivity contribution in [2.45, 2.75) is 6.42 Å². The topological polar surface area (TPSA) is 73.2 Å². The number of hydrogen-bond donors (Lipinski definition) is 1. The quantitative estimate of drug-likeness (QED) is 0.600. The Hall–Kier alpha value is -3.28. The van der Waals surface area contributed by atoms with Gasteiger partial charge >= 0.3 is 0 Å². The van der Waals surface area contributed by atoms with Crippen LogP contribution >= 0.6 is 0 Å². The van der Waals surface area contributed by atoms with Gasteiger partial charge in [-0.15, -0.1) is 0 Å². The van der Waals surface area contributed by atoms with E-state index < -0.39 is 0 Å². The lowest BCUT2D eigenvalue weighted by molar-refractivity contribution is 0.390. The SMILES string of the molecule is COc1ccc(-c2nc(Cc3c[nH]c4ccccc34)no2)c(OC)c1. The maximum absolute atomic E-state index is 5.44. The zero-order chi connectivity index (χ0) is 17.2. The normalized spacial score (nSPS) is 11.0. The first-order valence-corrected chi connectivity index (χ1v) is 7.88. The van der Waals surface area contributed by atoms with Gasteiger partial charge in [0.15, 0.2) is 5.82 Å². The van der Waals surface area contributed by atoms with Crippen LogP contribution in [-0.4, -0.2) is 29.3 Å². The Morgan fingerprint density at radius 1 is 1.08 bits per heavy atom. The van der Waals surface area contributed by atoms with E-state index >= 15 is 0 Å². The summed E-state index contributed by atoms with van der Waals surface area (Å²) in [6.07, 6.45) is 2.57. The molecule has 0 atom stereocenters. The number of para-hydroxylation sites is 1. The maximum atomic E-state index is 5.44. The van der Waals surface area contributed by atoms with Crippen LogP contribution in [0.3, 0.4) is 0 Å². The van der Waals surface area contributed by atoms with Crippen molar-refractivity contribution in [1.82, 2.24) is 15.1 Å². The van der Waals surface area contributed by atoms with Crippen molar-refractivity contribution in [3.8, 4) is 23.0 Å². The lowest BCUT2D eigenvalue weighted by atomic mass is 10.1. The van der Waals surface area contributed by atoms with E-state index in [0.29, 0.717) is 29.6 Å². The number of nitrogens with zero attached hydrogens (tertiary/aromatic N) is 2. The van der Waals surface area contributed by atoms with Gasteiger partial charge in [-0.3, -0.25) is 0 Å². The Morgan fingerprint density at radius 2 is 1.96 bits per heavy atom. The molecule has 0 radical (unpaired) electrons. The number of nitrogens with one attached hydrogen (secondary N) is 1. The second kappa shape index (κ2) is 6.32. The summed E-state index contributed by atoms with van der Waals surface area (Å²) in [5.74, 6) is 2.38. The number of methoxy groups -OCH3 is 2. The number of H-pyrrole nitrogens is 1. The molecule has 1 N–H and O–H groups in total. The van der Waals surface area contributed by atoms with E-state index in [2.05, 4.69) is 21.2 Å². The summed E-state index contributed by atoms with van der Waals surface area (Å²) in [5.41, 5.74) is 2.96. The Morgan fingerprint density at radius 3 is 2.80 bits per heavy atom. The summed E-state index contributed by atoms with van der Waals surface area (Å²) in [4.78, 5) is 7.77. The first-order chi connectivity index (χ1) is 12.3. The van der Waals surface area contributed by atoms with Gasteiger partial charge in [-0.05, 0) is 23.8 Å². The highest BCUT2D eigenvalue weighted by Gasteiger charge is 2.16. The second-order valence-corrected chi connectivity index (χ2v) is 5.62. The van der Waals surface area contributed by atoms with E-state index in [4.69, 9.17) is 14.0 Å². The molecule has 0 unspecified atom stereocenters. The molecule has 2 aromatic heterocycles. The van der Waals surface area contributed by atoms with Crippen molar-refractivity contribution in [3.05, 3.63) is 60.0 Å². The minimum absolute atomic E-state index is 0.425. The van der Waals surface area contributed by atoms with Crippen molar-refractivity contribution < 1.29 is 14.0 Å². The Labute approximate surface area is 144 Å². The van der Waals surface area contributed by atoms with Crippen LogP contribution in [0, 0.1) is 0 Å². The lowest BCUT2D eigenvalue weighted by Gasteiger charge is -2.06. The number of benzene rings is 2. The van der Waals surface area contributed by atoms with E-state index in [1.54, 1.807) is 20.3 Å². The number of hydrogen-bond acceptors (Lipinski definition) is 5. The highest BCUT2D eigenvalue weighted by atomic mass is 16.5. The average Bonchev–Trinajstić information content (AvgIpc) is 3.29. The second-order valence-electron chi connectivity index (χ2n) is 5.62. The average molecular weight is 335 g/mol. The van der Waals surface area contributed by atoms with E-state index in [1.807, 2.05) is 36.5 Å². The van der Waals surface area contributed by atoms with Crippen LogP contribution in [0.4, 0.5) is 0 Å². The van der Waals surface area contributed by atoms with Crippen LogP contribution in [-0.2, 0) is 6.42 Å². The first kappa shape index (κ1) is 15.3. The minimum Gasteiger partial charge on any atom is -0.497 e. The van der Waals surface area contributed by atoms with Crippen molar-refractivity contribution in [3.63, 3.8) is 0 Å². The molecule has 0 fully saturated rings.